The Morgan fingerprint density at radius 1 is 1.36 bits per heavy atom. The van der Waals surface area contributed by atoms with Crippen molar-refractivity contribution in [2.75, 3.05) is 0 Å². The van der Waals surface area contributed by atoms with Crippen molar-refractivity contribution in [1.29, 1.82) is 0 Å². The summed E-state index contributed by atoms with van der Waals surface area (Å²) in [6, 6.07) is 0. The molecule has 11 heavy (non-hydrogen) atoms. The molecule has 0 unspecified atom stereocenters. The van der Waals surface area contributed by atoms with Crippen molar-refractivity contribution in [3.63, 3.8) is 0 Å². The summed E-state index contributed by atoms with van der Waals surface area (Å²) in [5, 5.41) is 8.24. The topological polar surface area (TPSA) is 30.7 Å². The maximum atomic E-state index is 5.77. The van der Waals surface area contributed by atoms with Crippen LogP contribution >= 0.6 is 11.6 Å². The van der Waals surface area contributed by atoms with E-state index in [4.69, 9.17) is 11.6 Å². The van der Waals surface area contributed by atoms with E-state index in [1.54, 1.807) is 0 Å². The molecule has 0 saturated carbocycles. The molecular formula is C7H12ClN3. The van der Waals surface area contributed by atoms with Crippen LogP contribution in [0.3, 0.4) is 0 Å². The van der Waals surface area contributed by atoms with E-state index in [0.29, 0.717) is 5.28 Å². The van der Waals surface area contributed by atoms with Crippen molar-refractivity contribution >= 4 is 11.6 Å². The predicted octanol–water partition coefficient (Wildman–Crippen LogP) is 1.90. The normalized spacial score (nSPS) is 10.5. The van der Waals surface area contributed by atoms with Crippen molar-refractivity contribution in [2.45, 2.75) is 33.2 Å². The average molecular weight is 174 g/mol. The van der Waals surface area contributed by atoms with E-state index in [2.05, 4.69) is 17.1 Å². The smallest absolute Gasteiger partial charge is 0.225 e. The van der Waals surface area contributed by atoms with Gasteiger partial charge in [-0.2, -0.15) is 0 Å². The first-order valence-electron chi connectivity index (χ1n) is 3.87. The van der Waals surface area contributed by atoms with Gasteiger partial charge in [0.1, 0.15) is 5.82 Å². The van der Waals surface area contributed by atoms with Crippen LogP contribution in [0.1, 0.15) is 26.1 Å². The minimum absolute atomic E-state index is 0.496. The second-order valence-electron chi connectivity index (χ2n) is 2.38. The van der Waals surface area contributed by atoms with E-state index < -0.39 is 0 Å². The number of hydrogen-bond donors (Lipinski definition) is 0. The minimum atomic E-state index is 0.496. The molecule has 0 amide bonds. The molecule has 62 valence electrons. The van der Waals surface area contributed by atoms with Crippen molar-refractivity contribution in [1.82, 2.24) is 14.8 Å². The molecule has 3 nitrogen and oxygen atoms in total. The first-order valence-corrected chi connectivity index (χ1v) is 4.25. The third-order valence-electron chi connectivity index (χ3n) is 1.57. The fourth-order valence-corrected chi connectivity index (χ4v) is 1.29. The van der Waals surface area contributed by atoms with Gasteiger partial charge in [-0.25, -0.2) is 0 Å². The van der Waals surface area contributed by atoms with Crippen LogP contribution in [0.2, 0.25) is 5.28 Å². The van der Waals surface area contributed by atoms with Crippen molar-refractivity contribution < 1.29 is 0 Å². The lowest BCUT2D eigenvalue weighted by atomic mass is 10.3. The van der Waals surface area contributed by atoms with Gasteiger partial charge in [0.2, 0.25) is 5.28 Å². The van der Waals surface area contributed by atoms with Crippen molar-refractivity contribution in [3.05, 3.63) is 11.1 Å². The van der Waals surface area contributed by atoms with Gasteiger partial charge in [-0.05, 0) is 24.9 Å². The average Bonchev–Trinajstić information content (AvgIpc) is 2.33. The Morgan fingerprint density at radius 2 is 2.09 bits per heavy atom. The van der Waals surface area contributed by atoms with Crippen LogP contribution in [0.15, 0.2) is 0 Å². The number of aryl methyl sites for hydroxylation is 1. The lowest BCUT2D eigenvalue weighted by Crippen LogP contribution is -2.01. The summed E-state index contributed by atoms with van der Waals surface area (Å²) in [4.78, 5) is 0. The zero-order valence-corrected chi connectivity index (χ0v) is 7.60. The Kier molecular flexibility index (Phi) is 2.88. The number of halogens is 1. The molecule has 0 aliphatic rings. The highest BCUT2D eigenvalue weighted by atomic mass is 35.5. The SMILES string of the molecule is CCCc1nnc(Cl)n1CC. The maximum absolute atomic E-state index is 5.77. The molecule has 1 aromatic heterocycles. The van der Waals surface area contributed by atoms with Gasteiger partial charge in [-0.3, -0.25) is 0 Å². The summed E-state index contributed by atoms with van der Waals surface area (Å²) in [7, 11) is 0. The van der Waals surface area contributed by atoms with Crippen LogP contribution in [0.4, 0.5) is 0 Å². The van der Waals surface area contributed by atoms with Gasteiger partial charge in [-0.1, -0.05) is 6.92 Å². The van der Waals surface area contributed by atoms with Crippen LogP contribution in [0.5, 0.6) is 0 Å². The summed E-state index contributed by atoms with van der Waals surface area (Å²) in [6.45, 7) is 5.00. The van der Waals surface area contributed by atoms with Gasteiger partial charge >= 0.3 is 0 Å². The Bertz CT molecular complexity index is 232. The molecule has 0 atom stereocenters. The largest absolute Gasteiger partial charge is 0.302 e. The van der Waals surface area contributed by atoms with Crippen LogP contribution in [-0.4, -0.2) is 14.8 Å². The van der Waals surface area contributed by atoms with Crippen molar-refractivity contribution in [3.8, 4) is 0 Å². The van der Waals surface area contributed by atoms with Gasteiger partial charge in [0.05, 0.1) is 0 Å². The summed E-state index contributed by atoms with van der Waals surface area (Å²) in [5.41, 5.74) is 0. The maximum Gasteiger partial charge on any atom is 0.225 e. The molecule has 1 heterocycles. The van der Waals surface area contributed by atoms with E-state index in [0.717, 1.165) is 25.2 Å². The van der Waals surface area contributed by atoms with E-state index in [-0.39, 0.29) is 0 Å². The van der Waals surface area contributed by atoms with E-state index in [1.165, 1.54) is 0 Å². The quantitative estimate of drug-likeness (QED) is 0.699. The molecule has 0 bridgehead atoms. The fourth-order valence-electron chi connectivity index (χ4n) is 1.03. The summed E-state index contributed by atoms with van der Waals surface area (Å²) in [6.07, 6.45) is 2.03. The number of hydrogen-bond acceptors (Lipinski definition) is 2. The van der Waals surface area contributed by atoms with E-state index in [1.807, 2.05) is 11.5 Å². The van der Waals surface area contributed by atoms with Crippen LogP contribution in [0.25, 0.3) is 0 Å². The predicted molar refractivity (Wildman–Crippen MR) is 44.7 cm³/mol. The van der Waals surface area contributed by atoms with Gasteiger partial charge in [0.15, 0.2) is 0 Å². The zero-order valence-electron chi connectivity index (χ0n) is 6.84. The Balaban J connectivity index is 2.86. The molecule has 0 saturated heterocycles. The second-order valence-corrected chi connectivity index (χ2v) is 2.72. The lowest BCUT2D eigenvalue weighted by Gasteiger charge is -2.01. The van der Waals surface area contributed by atoms with E-state index >= 15 is 0 Å². The molecular weight excluding hydrogens is 162 g/mol. The number of nitrogens with zero attached hydrogens (tertiary/aromatic N) is 3. The minimum Gasteiger partial charge on any atom is -0.302 e. The van der Waals surface area contributed by atoms with Gasteiger partial charge in [0.25, 0.3) is 0 Å². The molecule has 1 rings (SSSR count). The Morgan fingerprint density at radius 3 is 2.64 bits per heavy atom. The van der Waals surface area contributed by atoms with Gasteiger partial charge < -0.3 is 4.57 Å². The number of rotatable bonds is 3. The van der Waals surface area contributed by atoms with Gasteiger partial charge in [-0.15, -0.1) is 10.2 Å². The first-order chi connectivity index (χ1) is 5.29. The highest BCUT2D eigenvalue weighted by molar-refractivity contribution is 6.28. The van der Waals surface area contributed by atoms with Gasteiger partial charge in [0, 0.05) is 13.0 Å². The summed E-state index contributed by atoms with van der Waals surface area (Å²) < 4.78 is 1.92. The third kappa shape index (κ3) is 1.71. The molecule has 0 aromatic carbocycles. The third-order valence-corrected chi connectivity index (χ3v) is 1.85. The summed E-state index contributed by atoms with van der Waals surface area (Å²) in [5.74, 6) is 0.986. The Hall–Kier alpha value is -0.570. The molecule has 1 aromatic rings. The van der Waals surface area contributed by atoms with Crippen molar-refractivity contribution in [2.24, 2.45) is 0 Å². The van der Waals surface area contributed by atoms with Crippen LogP contribution in [0, 0.1) is 0 Å². The van der Waals surface area contributed by atoms with Crippen LogP contribution in [-0.2, 0) is 13.0 Å². The molecule has 0 spiro atoms. The standard InChI is InChI=1S/C7H12ClN3/c1-3-5-6-9-10-7(8)11(6)4-2/h3-5H2,1-2H3. The monoisotopic (exact) mass is 173 g/mol. The molecule has 0 N–H and O–H groups in total. The highest BCUT2D eigenvalue weighted by Gasteiger charge is 2.05. The molecule has 0 aliphatic heterocycles. The van der Waals surface area contributed by atoms with E-state index in [9.17, 15) is 0 Å². The fraction of sp³-hybridized carbons (Fsp3) is 0.714. The summed E-state index contributed by atoms with van der Waals surface area (Å²) >= 11 is 5.77. The molecule has 0 radical (unpaired) electrons. The highest BCUT2D eigenvalue weighted by Crippen LogP contribution is 2.08. The number of aromatic nitrogens is 3. The van der Waals surface area contributed by atoms with Crippen LogP contribution < -0.4 is 0 Å². The second kappa shape index (κ2) is 3.72. The lowest BCUT2D eigenvalue weighted by molar-refractivity contribution is 0.684. The molecule has 0 fully saturated rings. The molecule has 0 aliphatic carbocycles. The molecule has 4 heteroatoms. The Labute approximate surface area is 71.4 Å². The zero-order chi connectivity index (χ0) is 8.27. The first kappa shape index (κ1) is 8.53.